The summed E-state index contributed by atoms with van der Waals surface area (Å²) in [4.78, 5) is 12.5. The van der Waals surface area contributed by atoms with Gasteiger partial charge in [-0.1, -0.05) is 42.5 Å². The number of benzene rings is 2. The highest BCUT2D eigenvalue weighted by atomic mass is 16.5. The quantitative estimate of drug-likeness (QED) is 0.630. The zero-order valence-electron chi connectivity index (χ0n) is 12.1. The molecule has 3 aromatic rings. The number of fused-ring (bicyclic) bond motifs is 3. The lowest BCUT2D eigenvalue weighted by Crippen LogP contribution is -2.19. The maximum Gasteiger partial charge on any atom is 0.344 e. The topological polar surface area (TPSA) is 39.4 Å². The van der Waals surface area contributed by atoms with E-state index >= 15 is 0 Å². The Morgan fingerprint density at radius 3 is 2.50 bits per heavy atom. The summed E-state index contributed by atoms with van der Waals surface area (Å²) in [6.07, 6.45) is 1.96. The average molecular weight is 290 g/mol. The summed E-state index contributed by atoms with van der Waals surface area (Å²) in [6.45, 7) is 1.91. The Hall–Kier alpha value is -2.81. The minimum Gasteiger partial charge on any atom is -0.461 e. The van der Waals surface area contributed by atoms with E-state index in [1.54, 1.807) is 6.07 Å². The van der Waals surface area contributed by atoms with Crippen LogP contribution >= 0.6 is 0 Å². The van der Waals surface area contributed by atoms with Crippen LogP contribution in [0.1, 0.15) is 24.0 Å². The number of rotatable bonds is 1. The van der Waals surface area contributed by atoms with Crippen molar-refractivity contribution in [3.8, 4) is 5.75 Å². The van der Waals surface area contributed by atoms with Gasteiger partial charge in [0.25, 0.3) is 0 Å². The molecule has 0 N–H and O–H groups in total. The number of ether oxygens (including phenoxy) is 1. The van der Waals surface area contributed by atoms with E-state index in [1.165, 1.54) is 0 Å². The maximum atomic E-state index is 12.5. The van der Waals surface area contributed by atoms with Crippen molar-refractivity contribution in [3.05, 3.63) is 88.0 Å². The zero-order chi connectivity index (χ0) is 15.1. The van der Waals surface area contributed by atoms with Crippen molar-refractivity contribution >= 4 is 11.0 Å². The molecule has 2 aromatic carbocycles. The van der Waals surface area contributed by atoms with Crippen molar-refractivity contribution in [1.29, 1.82) is 0 Å². The van der Waals surface area contributed by atoms with Gasteiger partial charge in [-0.2, -0.15) is 0 Å². The second-order valence-corrected chi connectivity index (χ2v) is 5.40. The van der Waals surface area contributed by atoms with Gasteiger partial charge in [-0.05, 0) is 30.7 Å². The highest BCUT2D eigenvalue weighted by molar-refractivity contribution is 5.85. The minimum atomic E-state index is -0.341. The van der Waals surface area contributed by atoms with Gasteiger partial charge >= 0.3 is 5.63 Å². The Bertz CT molecular complexity index is 936. The van der Waals surface area contributed by atoms with Crippen molar-refractivity contribution in [2.75, 3.05) is 0 Å². The van der Waals surface area contributed by atoms with Gasteiger partial charge in [-0.3, -0.25) is 0 Å². The van der Waals surface area contributed by atoms with Crippen LogP contribution in [-0.2, 0) is 0 Å². The fourth-order valence-electron chi connectivity index (χ4n) is 2.95. The first-order valence-corrected chi connectivity index (χ1v) is 7.21. The van der Waals surface area contributed by atoms with E-state index in [1.807, 2.05) is 61.5 Å². The number of allylic oxidation sites excluding steroid dienone is 2. The van der Waals surface area contributed by atoms with Crippen molar-refractivity contribution in [3.63, 3.8) is 0 Å². The summed E-state index contributed by atoms with van der Waals surface area (Å²) in [5.41, 5.74) is 1.82. The average Bonchev–Trinajstić information content (AvgIpc) is 2.55. The van der Waals surface area contributed by atoms with Crippen LogP contribution in [0.4, 0.5) is 0 Å². The second kappa shape index (κ2) is 4.88. The van der Waals surface area contributed by atoms with Crippen LogP contribution in [0, 0.1) is 0 Å². The lowest BCUT2D eigenvalue weighted by atomic mass is 9.89. The molecule has 0 fully saturated rings. The molecule has 0 amide bonds. The molecule has 0 saturated carbocycles. The molecule has 22 heavy (non-hydrogen) atoms. The van der Waals surface area contributed by atoms with E-state index in [-0.39, 0.29) is 11.5 Å². The molecule has 1 aliphatic heterocycles. The van der Waals surface area contributed by atoms with Gasteiger partial charge in [-0.25, -0.2) is 4.79 Å². The monoisotopic (exact) mass is 290 g/mol. The van der Waals surface area contributed by atoms with E-state index in [4.69, 9.17) is 9.15 Å². The van der Waals surface area contributed by atoms with Gasteiger partial charge in [0.1, 0.15) is 11.3 Å². The van der Waals surface area contributed by atoms with Crippen LogP contribution in [-0.4, -0.2) is 0 Å². The summed E-state index contributed by atoms with van der Waals surface area (Å²) < 4.78 is 11.4. The molecule has 0 spiro atoms. The van der Waals surface area contributed by atoms with E-state index in [0.29, 0.717) is 16.9 Å². The minimum absolute atomic E-state index is 0.147. The number of hydrogen-bond donors (Lipinski definition) is 0. The molecular formula is C19H14O3. The summed E-state index contributed by atoms with van der Waals surface area (Å²) in [5, 5.41) is 0.825. The molecule has 0 unspecified atom stereocenters. The highest BCUT2D eigenvalue weighted by Gasteiger charge is 2.28. The second-order valence-electron chi connectivity index (χ2n) is 5.40. The molecule has 1 aliphatic rings. The summed E-state index contributed by atoms with van der Waals surface area (Å²) in [5.74, 6) is 1.25. The molecule has 1 aromatic heterocycles. The van der Waals surface area contributed by atoms with Gasteiger partial charge in [0.2, 0.25) is 0 Å². The van der Waals surface area contributed by atoms with Crippen LogP contribution in [0.15, 0.2) is 75.6 Å². The maximum absolute atomic E-state index is 12.5. The Kier molecular flexibility index (Phi) is 2.86. The molecule has 0 saturated heterocycles. The first-order chi connectivity index (χ1) is 10.7. The molecule has 0 aliphatic carbocycles. The Morgan fingerprint density at radius 1 is 0.955 bits per heavy atom. The van der Waals surface area contributed by atoms with Gasteiger partial charge in [0, 0.05) is 5.92 Å². The predicted molar refractivity (Wildman–Crippen MR) is 85.2 cm³/mol. The largest absolute Gasteiger partial charge is 0.461 e. The van der Waals surface area contributed by atoms with E-state index in [0.717, 1.165) is 16.7 Å². The Labute approximate surface area is 127 Å². The molecular weight excluding hydrogens is 276 g/mol. The summed E-state index contributed by atoms with van der Waals surface area (Å²) in [6, 6.07) is 17.4. The SMILES string of the molecule is CC1=C[C@@H](c2ccccc2)c2c(c3ccccc3oc2=O)O1. The molecule has 4 rings (SSSR count). The van der Waals surface area contributed by atoms with Crippen LogP contribution < -0.4 is 10.4 Å². The third-order valence-electron chi connectivity index (χ3n) is 3.93. The summed E-state index contributed by atoms with van der Waals surface area (Å²) >= 11 is 0. The van der Waals surface area contributed by atoms with Crippen LogP contribution in [0.5, 0.6) is 5.75 Å². The number of para-hydroxylation sites is 1. The van der Waals surface area contributed by atoms with Crippen molar-refractivity contribution in [2.24, 2.45) is 0 Å². The lowest BCUT2D eigenvalue weighted by Gasteiger charge is -2.23. The van der Waals surface area contributed by atoms with Crippen molar-refractivity contribution in [2.45, 2.75) is 12.8 Å². The third-order valence-corrected chi connectivity index (χ3v) is 3.93. The molecule has 2 heterocycles. The normalized spacial score (nSPS) is 16.8. The van der Waals surface area contributed by atoms with Gasteiger partial charge in [-0.15, -0.1) is 0 Å². The fraction of sp³-hybridized carbons (Fsp3) is 0.105. The van der Waals surface area contributed by atoms with Crippen molar-refractivity contribution in [1.82, 2.24) is 0 Å². The summed E-state index contributed by atoms with van der Waals surface area (Å²) in [7, 11) is 0. The molecule has 3 nitrogen and oxygen atoms in total. The molecule has 0 radical (unpaired) electrons. The molecule has 108 valence electrons. The molecule has 0 bridgehead atoms. The number of hydrogen-bond acceptors (Lipinski definition) is 3. The zero-order valence-corrected chi connectivity index (χ0v) is 12.1. The van der Waals surface area contributed by atoms with E-state index < -0.39 is 0 Å². The lowest BCUT2D eigenvalue weighted by molar-refractivity contribution is 0.401. The molecule has 1 atom stereocenters. The predicted octanol–water partition coefficient (Wildman–Crippen LogP) is 4.22. The molecule has 3 heteroatoms. The van der Waals surface area contributed by atoms with E-state index in [9.17, 15) is 4.79 Å². The highest BCUT2D eigenvalue weighted by Crippen LogP contribution is 2.40. The first-order valence-electron chi connectivity index (χ1n) is 7.21. The van der Waals surface area contributed by atoms with Gasteiger partial charge in [0.05, 0.1) is 16.7 Å². The smallest absolute Gasteiger partial charge is 0.344 e. The Morgan fingerprint density at radius 2 is 1.68 bits per heavy atom. The van der Waals surface area contributed by atoms with Crippen LogP contribution in [0.2, 0.25) is 0 Å². The van der Waals surface area contributed by atoms with Gasteiger partial charge < -0.3 is 9.15 Å². The standard InChI is InChI=1S/C19H14O3/c1-12-11-15(13-7-3-2-4-8-13)17-18(21-12)14-9-5-6-10-16(14)22-19(17)20/h2-11,15H,1H3/t15-/m0/s1. The van der Waals surface area contributed by atoms with E-state index in [2.05, 4.69) is 0 Å². The first kappa shape index (κ1) is 12.9. The third kappa shape index (κ3) is 1.94. The van der Waals surface area contributed by atoms with Gasteiger partial charge in [0.15, 0.2) is 0 Å². The van der Waals surface area contributed by atoms with Crippen LogP contribution in [0.25, 0.3) is 11.0 Å². The fourth-order valence-corrected chi connectivity index (χ4v) is 2.95. The van der Waals surface area contributed by atoms with Crippen LogP contribution in [0.3, 0.4) is 0 Å². The Balaban J connectivity index is 2.05. The van der Waals surface area contributed by atoms with Crippen molar-refractivity contribution < 1.29 is 9.15 Å².